The van der Waals surface area contributed by atoms with Crippen molar-refractivity contribution in [3.05, 3.63) is 23.2 Å². The molecule has 19 heavy (non-hydrogen) atoms. The molecule has 1 amide bonds. The molecule has 1 atom stereocenters. The lowest BCUT2D eigenvalue weighted by molar-refractivity contribution is -0.117. The van der Waals surface area contributed by atoms with Gasteiger partial charge in [-0.3, -0.25) is 4.79 Å². The Morgan fingerprint density at radius 1 is 1.47 bits per heavy atom. The molecule has 0 saturated carbocycles. The van der Waals surface area contributed by atoms with E-state index in [1.807, 2.05) is 0 Å². The molecule has 1 aliphatic rings. The van der Waals surface area contributed by atoms with Crippen LogP contribution in [0.15, 0.2) is 18.2 Å². The lowest BCUT2D eigenvalue weighted by Gasteiger charge is -2.20. The zero-order chi connectivity index (χ0) is 14.2. The minimum absolute atomic E-state index is 0.240. The number of halogens is 2. The van der Waals surface area contributed by atoms with Gasteiger partial charge in [-0.1, -0.05) is 17.7 Å². The molecule has 1 aliphatic heterocycles. The molecule has 5 nitrogen and oxygen atoms in total. The number of benzene rings is 1. The highest BCUT2D eigenvalue weighted by Crippen LogP contribution is 2.38. The molecule has 0 aromatic heterocycles. The molecule has 2 rings (SSSR count). The van der Waals surface area contributed by atoms with Crippen LogP contribution in [0.4, 0.5) is 9.57 Å². The molecule has 0 spiro atoms. The number of para-hydroxylation sites is 1. The van der Waals surface area contributed by atoms with Crippen LogP contribution in [-0.4, -0.2) is 33.2 Å². The summed E-state index contributed by atoms with van der Waals surface area (Å²) in [5.74, 6) is -0.171. The predicted octanol–water partition coefficient (Wildman–Crippen LogP) is 1.75. The molecule has 0 radical (unpaired) electrons. The van der Waals surface area contributed by atoms with Gasteiger partial charge in [0.2, 0.25) is 5.91 Å². The van der Waals surface area contributed by atoms with E-state index in [2.05, 4.69) is 0 Å². The number of amides is 1. The van der Waals surface area contributed by atoms with Crippen molar-refractivity contribution in [2.45, 2.75) is 11.7 Å². The highest BCUT2D eigenvalue weighted by atomic mass is 35.5. The first-order chi connectivity index (χ1) is 8.84. The van der Waals surface area contributed by atoms with Crippen molar-refractivity contribution in [2.75, 3.05) is 18.6 Å². The number of hydrogen-bond donors (Lipinski definition) is 0. The quantitative estimate of drug-likeness (QED) is 0.798. The fraction of sp³-hybridized carbons (Fsp3) is 0.364. The number of carbonyl (C=O) groups is 1. The lowest BCUT2D eigenvalue weighted by Crippen LogP contribution is -2.27. The van der Waals surface area contributed by atoms with Crippen LogP contribution < -0.4 is 9.64 Å². The van der Waals surface area contributed by atoms with Crippen LogP contribution in [0.2, 0.25) is 5.02 Å². The molecule has 1 aromatic carbocycles. The maximum Gasteiger partial charge on any atom is 0.307 e. The van der Waals surface area contributed by atoms with Crippen LogP contribution in [-0.2, 0) is 15.0 Å². The fourth-order valence-electron chi connectivity index (χ4n) is 2.00. The molecule has 1 heterocycles. The number of anilines is 1. The van der Waals surface area contributed by atoms with Gasteiger partial charge >= 0.3 is 10.2 Å². The average molecular weight is 308 g/mol. The van der Waals surface area contributed by atoms with Crippen LogP contribution >= 0.6 is 11.6 Å². The van der Waals surface area contributed by atoms with Crippen molar-refractivity contribution in [2.24, 2.45) is 0 Å². The Labute approximate surface area is 115 Å². The summed E-state index contributed by atoms with van der Waals surface area (Å²) in [6.07, 6.45) is -0.396. The second-order valence-electron chi connectivity index (χ2n) is 4.10. The molecule has 1 saturated heterocycles. The number of methoxy groups -OCH3 is 1. The summed E-state index contributed by atoms with van der Waals surface area (Å²) in [7, 11) is -3.35. The summed E-state index contributed by atoms with van der Waals surface area (Å²) >= 11 is 6.00. The Balaban J connectivity index is 2.41. The summed E-state index contributed by atoms with van der Waals surface area (Å²) in [6.45, 7) is -0.266. The lowest BCUT2D eigenvalue weighted by atomic mass is 10.2. The third kappa shape index (κ3) is 2.66. The Bertz CT molecular complexity index is 619. The summed E-state index contributed by atoms with van der Waals surface area (Å²) < 4.78 is 39.8. The molecule has 8 heteroatoms. The molecule has 0 aliphatic carbocycles. The van der Waals surface area contributed by atoms with Gasteiger partial charge in [0, 0.05) is 13.0 Å². The van der Waals surface area contributed by atoms with Crippen molar-refractivity contribution in [1.82, 2.24) is 0 Å². The Kier molecular flexibility index (Phi) is 3.69. The first-order valence-electron chi connectivity index (χ1n) is 5.41. The molecule has 1 unspecified atom stereocenters. The molecule has 0 bridgehead atoms. The van der Waals surface area contributed by atoms with Gasteiger partial charge in [-0.15, -0.1) is 3.89 Å². The van der Waals surface area contributed by atoms with E-state index in [0.717, 1.165) is 4.90 Å². The monoisotopic (exact) mass is 307 g/mol. The van der Waals surface area contributed by atoms with Gasteiger partial charge in [0.25, 0.3) is 0 Å². The van der Waals surface area contributed by atoms with Crippen LogP contribution in [0.1, 0.15) is 6.42 Å². The van der Waals surface area contributed by atoms with Crippen molar-refractivity contribution < 1.29 is 21.8 Å². The van der Waals surface area contributed by atoms with E-state index in [1.54, 1.807) is 18.2 Å². The highest BCUT2D eigenvalue weighted by molar-refractivity contribution is 7.87. The van der Waals surface area contributed by atoms with Crippen molar-refractivity contribution in [3.63, 3.8) is 0 Å². The number of ether oxygens (including phenoxy) is 1. The van der Waals surface area contributed by atoms with E-state index in [4.69, 9.17) is 16.3 Å². The number of nitrogens with zero attached hydrogens (tertiary/aromatic N) is 1. The summed E-state index contributed by atoms with van der Waals surface area (Å²) in [5, 5.41) is -1.12. The topological polar surface area (TPSA) is 63.7 Å². The maximum absolute atomic E-state index is 13.0. The largest absolute Gasteiger partial charge is 0.495 e. The molecule has 1 fully saturated rings. The zero-order valence-electron chi connectivity index (χ0n) is 9.97. The average Bonchev–Trinajstić information content (AvgIpc) is 2.70. The second kappa shape index (κ2) is 4.97. The normalized spacial score (nSPS) is 19.8. The van der Waals surface area contributed by atoms with Gasteiger partial charge in [0.1, 0.15) is 16.7 Å². The van der Waals surface area contributed by atoms with Gasteiger partial charge in [0.05, 0.1) is 12.1 Å². The smallest absolute Gasteiger partial charge is 0.307 e. The summed E-state index contributed by atoms with van der Waals surface area (Å²) in [5.41, 5.74) is 0.266. The Morgan fingerprint density at radius 2 is 2.16 bits per heavy atom. The Morgan fingerprint density at radius 3 is 2.68 bits per heavy atom. The van der Waals surface area contributed by atoms with E-state index in [0.29, 0.717) is 5.75 Å². The molecule has 104 valence electrons. The van der Waals surface area contributed by atoms with Crippen molar-refractivity contribution in [3.8, 4) is 5.75 Å². The van der Waals surface area contributed by atoms with E-state index in [-0.39, 0.29) is 17.3 Å². The molecular weight excluding hydrogens is 297 g/mol. The van der Waals surface area contributed by atoms with Gasteiger partial charge in [-0.2, -0.15) is 8.42 Å². The number of rotatable bonds is 3. The van der Waals surface area contributed by atoms with Gasteiger partial charge in [-0.05, 0) is 12.1 Å². The minimum Gasteiger partial charge on any atom is -0.495 e. The first kappa shape index (κ1) is 14.1. The third-order valence-electron chi connectivity index (χ3n) is 2.93. The number of hydrogen-bond acceptors (Lipinski definition) is 4. The summed E-state index contributed by atoms with van der Waals surface area (Å²) in [4.78, 5) is 13.0. The van der Waals surface area contributed by atoms with Gasteiger partial charge in [0.15, 0.2) is 0 Å². The minimum atomic E-state index is -4.76. The number of carbonyl (C=O) groups excluding carboxylic acids is 1. The molecule has 1 aromatic rings. The predicted molar refractivity (Wildman–Crippen MR) is 68.8 cm³/mol. The summed E-state index contributed by atoms with van der Waals surface area (Å²) in [6, 6.07) is 4.77. The van der Waals surface area contributed by atoms with Crippen LogP contribution in [0.3, 0.4) is 0 Å². The fourth-order valence-corrected chi connectivity index (χ4v) is 2.94. The highest BCUT2D eigenvalue weighted by Gasteiger charge is 2.40. The van der Waals surface area contributed by atoms with E-state index in [9.17, 15) is 17.1 Å². The second-order valence-corrected chi connectivity index (χ2v) is 6.12. The van der Waals surface area contributed by atoms with Gasteiger partial charge < -0.3 is 9.64 Å². The van der Waals surface area contributed by atoms with Crippen molar-refractivity contribution in [1.29, 1.82) is 0 Å². The van der Waals surface area contributed by atoms with Crippen molar-refractivity contribution >= 4 is 33.4 Å². The molecule has 0 N–H and O–H groups in total. The van der Waals surface area contributed by atoms with E-state index < -0.39 is 27.8 Å². The SMILES string of the molecule is COc1cccc(Cl)c1N1CC(S(=O)(=O)F)CC1=O. The third-order valence-corrected chi connectivity index (χ3v) is 4.34. The van der Waals surface area contributed by atoms with Crippen LogP contribution in [0.5, 0.6) is 5.75 Å². The Hall–Kier alpha value is -1.34. The van der Waals surface area contributed by atoms with E-state index >= 15 is 0 Å². The first-order valence-corrected chi connectivity index (χ1v) is 7.23. The van der Waals surface area contributed by atoms with E-state index in [1.165, 1.54) is 7.11 Å². The zero-order valence-corrected chi connectivity index (χ0v) is 11.5. The van der Waals surface area contributed by atoms with Gasteiger partial charge in [-0.25, -0.2) is 0 Å². The molecular formula is C11H11ClFNO4S. The van der Waals surface area contributed by atoms with Crippen LogP contribution in [0.25, 0.3) is 0 Å². The standard InChI is InChI=1S/C11H11ClFNO4S/c1-18-9-4-2-3-8(12)11(9)14-6-7(5-10(14)15)19(13,16)17/h2-4,7H,5-6H2,1H3. The van der Waals surface area contributed by atoms with Crippen LogP contribution in [0, 0.1) is 0 Å². The maximum atomic E-state index is 13.0.